The molecule has 0 aromatic carbocycles. The first-order chi connectivity index (χ1) is 6.83. The van der Waals surface area contributed by atoms with E-state index in [1.807, 2.05) is 29.3 Å². The predicted octanol–water partition coefficient (Wildman–Crippen LogP) is 1.68. The summed E-state index contributed by atoms with van der Waals surface area (Å²) in [6.07, 6.45) is 2.49. The molecule has 0 spiro atoms. The van der Waals surface area contributed by atoms with Crippen LogP contribution in [0.25, 0.3) is 10.7 Å². The Hall–Kier alpha value is -1.13. The van der Waals surface area contributed by atoms with Gasteiger partial charge in [-0.2, -0.15) is 0 Å². The maximum atomic E-state index is 8.85. The quantitative estimate of drug-likeness (QED) is 0.833. The number of hydrogen-bond acceptors (Lipinski definition) is 3. The standard InChI is InChI=1S/C10H12N2OS/c1-12-8(4-5-13)7-11-10(12)9-3-2-6-14-9/h2-3,6-7,13H,4-5H2,1H3. The van der Waals surface area contributed by atoms with E-state index in [0.717, 1.165) is 16.4 Å². The molecule has 0 fully saturated rings. The molecule has 3 nitrogen and oxygen atoms in total. The molecule has 0 bridgehead atoms. The Labute approximate surface area is 86.7 Å². The van der Waals surface area contributed by atoms with Crippen LogP contribution in [0.15, 0.2) is 23.7 Å². The Morgan fingerprint density at radius 3 is 3.07 bits per heavy atom. The molecule has 0 radical (unpaired) electrons. The van der Waals surface area contributed by atoms with Crippen LogP contribution in [-0.4, -0.2) is 21.3 Å². The summed E-state index contributed by atoms with van der Waals surface area (Å²) in [4.78, 5) is 5.50. The van der Waals surface area contributed by atoms with E-state index in [1.165, 1.54) is 0 Å². The van der Waals surface area contributed by atoms with Gasteiger partial charge >= 0.3 is 0 Å². The SMILES string of the molecule is Cn1c(CCO)cnc1-c1cccs1. The second-order valence-corrected chi connectivity index (χ2v) is 4.03. The van der Waals surface area contributed by atoms with Gasteiger partial charge in [0.15, 0.2) is 0 Å². The smallest absolute Gasteiger partial charge is 0.149 e. The van der Waals surface area contributed by atoms with E-state index >= 15 is 0 Å². The third-order valence-corrected chi connectivity index (χ3v) is 3.06. The predicted molar refractivity (Wildman–Crippen MR) is 57.3 cm³/mol. The number of aliphatic hydroxyl groups excluding tert-OH is 1. The molecule has 0 saturated heterocycles. The molecule has 1 N–H and O–H groups in total. The molecule has 0 aliphatic heterocycles. The third-order valence-electron chi connectivity index (χ3n) is 2.19. The molecule has 0 aliphatic carbocycles. The van der Waals surface area contributed by atoms with Crippen molar-refractivity contribution in [3.63, 3.8) is 0 Å². The van der Waals surface area contributed by atoms with E-state index in [9.17, 15) is 0 Å². The summed E-state index contributed by atoms with van der Waals surface area (Å²) in [5.74, 6) is 0.975. The highest BCUT2D eigenvalue weighted by molar-refractivity contribution is 7.13. The minimum atomic E-state index is 0.170. The minimum absolute atomic E-state index is 0.170. The van der Waals surface area contributed by atoms with E-state index in [2.05, 4.69) is 11.1 Å². The van der Waals surface area contributed by atoms with Crippen molar-refractivity contribution in [3.05, 3.63) is 29.4 Å². The monoisotopic (exact) mass is 208 g/mol. The van der Waals surface area contributed by atoms with Crippen molar-refractivity contribution in [2.24, 2.45) is 7.05 Å². The van der Waals surface area contributed by atoms with Crippen LogP contribution >= 0.6 is 11.3 Å². The molecule has 2 heterocycles. The van der Waals surface area contributed by atoms with Gasteiger partial charge in [0.05, 0.1) is 4.88 Å². The normalized spacial score (nSPS) is 10.7. The van der Waals surface area contributed by atoms with Gasteiger partial charge in [-0.15, -0.1) is 11.3 Å². The lowest BCUT2D eigenvalue weighted by atomic mass is 10.3. The van der Waals surface area contributed by atoms with Crippen LogP contribution in [0, 0.1) is 0 Å². The van der Waals surface area contributed by atoms with Gasteiger partial charge in [0.1, 0.15) is 5.82 Å². The van der Waals surface area contributed by atoms with Crippen molar-refractivity contribution in [1.82, 2.24) is 9.55 Å². The van der Waals surface area contributed by atoms with Crippen molar-refractivity contribution in [2.45, 2.75) is 6.42 Å². The number of thiophene rings is 1. The van der Waals surface area contributed by atoms with Crippen molar-refractivity contribution >= 4 is 11.3 Å². The Kier molecular flexibility index (Phi) is 2.65. The maximum Gasteiger partial charge on any atom is 0.149 e. The molecule has 2 aromatic heterocycles. The number of imidazole rings is 1. The first-order valence-electron chi connectivity index (χ1n) is 4.48. The molecule has 0 atom stereocenters. The highest BCUT2D eigenvalue weighted by Gasteiger charge is 2.08. The number of rotatable bonds is 3. The summed E-state index contributed by atoms with van der Waals surface area (Å²) in [6.45, 7) is 0.170. The second kappa shape index (κ2) is 3.94. The van der Waals surface area contributed by atoms with Crippen molar-refractivity contribution < 1.29 is 5.11 Å². The molecule has 0 amide bonds. The summed E-state index contributed by atoms with van der Waals surface area (Å²) in [7, 11) is 1.98. The fraction of sp³-hybridized carbons (Fsp3) is 0.300. The summed E-state index contributed by atoms with van der Waals surface area (Å²) in [6, 6.07) is 4.07. The zero-order valence-corrected chi connectivity index (χ0v) is 8.79. The Balaban J connectivity index is 2.36. The Morgan fingerprint density at radius 1 is 1.57 bits per heavy atom. The summed E-state index contributed by atoms with van der Waals surface area (Å²) < 4.78 is 2.03. The van der Waals surface area contributed by atoms with Crippen LogP contribution in [0.2, 0.25) is 0 Å². The molecule has 0 saturated carbocycles. The van der Waals surface area contributed by atoms with Crippen LogP contribution < -0.4 is 0 Å². The van der Waals surface area contributed by atoms with Crippen LogP contribution in [-0.2, 0) is 13.5 Å². The second-order valence-electron chi connectivity index (χ2n) is 3.08. The summed E-state index contributed by atoms with van der Waals surface area (Å²) >= 11 is 1.68. The lowest BCUT2D eigenvalue weighted by molar-refractivity contribution is 0.297. The molecule has 2 rings (SSSR count). The van der Waals surface area contributed by atoms with Gasteiger partial charge in [-0.05, 0) is 11.4 Å². The Morgan fingerprint density at radius 2 is 2.43 bits per heavy atom. The van der Waals surface area contributed by atoms with Crippen LogP contribution in [0.4, 0.5) is 0 Å². The van der Waals surface area contributed by atoms with Gasteiger partial charge in [-0.3, -0.25) is 0 Å². The zero-order chi connectivity index (χ0) is 9.97. The van der Waals surface area contributed by atoms with Gasteiger partial charge in [0, 0.05) is 32.0 Å². The number of aliphatic hydroxyl groups is 1. The lowest BCUT2D eigenvalue weighted by Gasteiger charge is -2.02. The fourth-order valence-electron chi connectivity index (χ4n) is 1.43. The molecule has 74 valence electrons. The zero-order valence-electron chi connectivity index (χ0n) is 7.97. The molecule has 2 aromatic rings. The average molecular weight is 208 g/mol. The topological polar surface area (TPSA) is 38.0 Å². The molecule has 14 heavy (non-hydrogen) atoms. The van der Waals surface area contributed by atoms with E-state index < -0.39 is 0 Å². The van der Waals surface area contributed by atoms with E-state index in [0.29, 0.717) is 6.42 Å². The average Bonchev–Trinajstić information content (AvgIpc) is 2.77. The molecular formula is C10H12N2OS. The summed E-state index contributed by atoms with van der Waals surface area (Å²) in [5, 5.41) is 10.9. The molecule has 0 aliphatic rings. The van der Waals surface area contributed by atoms with Gasteiger partial charge in [-0.1, -0.05) is 6.07 Å². The third kappa shape index (κ3) is 1.58. The molecular weight excluding hydrogens is 196 g/mol. The lowest BCUT2D eigenvalue weighted by Crippen LogP contribution is -2.00. The van der Waals surface area contributed by atoms with E-state index in [1.54, 1.807) is 11.3 Å². The fourth-order valence-corrected chi connectivity index (χ4v) is 2.18. The van der Waals surface area contributed by atoms with Crippen molar-refractivity contribution in [1.29, 1.82) is 0 Å². The highest BCUT2D eigenvalue weighted by Crippen LogP contribution is 2.23. The van der Waals surface area contributed by atoms with E-state index in [-0.39, 0.29) is 6.61 Å². The number of nitrogens with zero attached hydrogens (tertiary/aromatic N) is 2. The van der Waals surface area contributed by atoms with Crippen molar-refractivity contribution in [3.8, 4) is 10.7 Å². The van der Waals surface area contributed by atoms with Crippen molar-refractivity contribution in [2.75, 3.05) is 6.61 Å². The maximum absolute atomic E-state index is 8.85. The largest absolute Gasteiger partial charge is 0.396 e. The van der Waals surface area contributed by atoms with Gasteiger partial charge in [0.25, 0.3) is 0 Å². The summed E-state index contributed by atoms with van der Waals surface area (Å²) in [5.41, 5.74) is 1.07. The minimum Gasteiger partial charge on any atom is -0.396 e. The highest BCUT2D eigenvalue weighted by atomic mass is 32.1. The van der Waals surface area contributed by atoms with Crippen LogP contribution in [0.5, 0.6) is 0 Å². The molecule has 0 unspecified atom stereocenters. The van der Waals surface area contributed by atoms with Crippen LogP contribution in [0.1, 0.15) is 5.69 Å². The van der Waals surface area contributed by atoms with Gasteiger partial charge in [0.2, 0.25) is 0 Å². The first kappa shape index (κ1) is 9.43. The number of hydrogen-bond donors (Lipinski definition) is 1. The van der Waals surface area contributed by atoms with Crippen LogP contribution in [0.3, 0.4) is 0 Å². The molecule has 4 heteroatoms. The van der Waals surface area contributed by atoms with Gasteiger partial charge < -0.3 is 9.67 Å². The number of aromatic nitrogens is 2. The van der Waals surface area contributed by atoms with E-state index in [4.69, 9.17) is 5.11 Å². The first-order valence-corrected chi connectivity index (χ1v) is 5.36. The van der Waals surface area contributed by atoms with Gasteiger partial charge in [-0.25, -0.2) is 4.98 Å². The Bertz CT molecular complexity index is 406.